The van der Waals surface area contributed by atoms with Crippen molar-refractivity contribution in [1.29, 1.82) is 0 Å². The van der Waals surface area contributed by atoms with Crippen molar-refractivity contribution in [2.24, 2.45) is 0 Å². The molecule has 0 spiro atoms. The van der Waals surface area contributed by atoms with Crippen molar-refractivity contribution in [3.63, 3.8) is 0 Å². The van der Waals surface area contributed by atoms with E-state index in [0.29, 0.717) is 16.4 Å². The van der Waals surface area contributed by atoms with E-state index in [9.17, 15) is 8.42 Å². The highest BCUT2D eigenvalue weighted by atomic mass is 79.9. The van der Waals surface area contributed by atoms with Crippen LogP contribution in [0.5, 0.6) is 0 Å². The van der Waals surface area contributed by atoms with Gasteiger partial charge in [0.2, 0.25) is 0 Å². The van der Waals surface area contributed by atoms with Crippen molar-refractivity contribution in [2.45, 2.75) is 24.6 Å². The minimum absolute atomic E-state index is 0.328. The number of thiophene rings is 1. The van der Waals surface area contributed by atoms with E-state index in [4.69, 9.17) is 0 Å². The number of nitrogens with one attached hydrogen (secondary N) is 2. The van der Waals surface area contributed by atoms with Gasteiger partial charge in [-0.3, -0.25) is 4.72 Å². The fourth-order valence-corrected chi connectivity index (χ4v) is 5.29. The first-order chi connectivity index (χ1) is 9.83. The second kappa shape index (κ2) is 6.48. The van der Waals surface area contributed by atoms with Crippen molar-refractivity contribution >= 4 is 43.0 Å². The van der Waals surface area contributed by atoms with Gasteiger partial charge >= 0.3 is 0 Å². The van der Waals surface area contributed by atoms with Crippen molar-refractivity contribution in [3.8, 4) is 0 Å². The lowest BCUT2D eigenvalue weighted by molar-refractivity contribution is 0.603. The molecule has 0 radical (unpaired) electrons. The van der Waals surface area contributed by atoms with Gasteiger partial charge in [0.15, 0.2) is 0 Å². The lowest BCUT2D eigenvalue weighted by Gasteiger charge is -2.13. The van der Waals surface area contributed by atoms with Crippen molar-refractivity contribution < 1.29 is 8.42 Å². The smallest absolute Gasteiger partial charge is 0.271 e. The Balaban J connectivity index is 2.33. The highest BCUT2D eigenvalue weighted by Crippen LogP contribution is 2.29. The highest BCUT2D eigenvalue weighted by Gasteiger charge is 2.19. The lowest BCUT2D eigenvalue weighted by atomic mass is 10.1. The summed E-state index contributed by atoms with van der Waals surface area (Å²) in [6.07, 6.45) is 0. The van der Waals surface area contributed by atoms with Crippen LogP contribution < -0.4 is 10.0 Å². The predicted molar refractivity (Wildman–Crippen MR) is 91.5 cm³/mol. The molecule has 7 heteroatoms. The van der Waals surface area contributed by atoms with E-state index in [1.165, 1.54) is 11.3 Å². The van der Waals surface area contributed by atoms with E-state index < -0.39 is 10.0 Å². The van der Waals surface area contributed by atoms with Gasteiger partial charge in [0.1, 0.15) is 4.21 Å². The Kier molecular flexibility index (Phi) is 5.08. The summed E-state index contributed by atoms with van der Waals surface area (Å²) in [6.45, 7) is 4.43. The first-order valence-corrected chi connectivity index (χ1v) is 9.45. The molecule has 0 aliphatic heterocycles. The third kappa shape index (κ3) is 3.85. The Morgan fingerprint density at radius 1 is 1.19 bits per heavy atom. The Hall–Kier alpha value is -0.890. The Morgan fingerprint density at radius 3 is 2.38 bits per heavy atom. The van der Waals surface area contributed by atoms with Crippen LogP contribution >= 0.6 is 27.3 Å². The Bertz CT molecular complexity index is 731. The SMILES string of the molecule is CNCc1ccc(S(=O)(=O)Nc2c(C)cc(Br)cc2C)s1. The molecule has 21 heavy (non-hydrogen) atoms. The summed E-state index contributed by atoms with van der Waals surface area (Å²) < 4.78 is 28.9. The van der Waals surface area contributed by atoms with Crippen molar-refractivity contribution in [1.82, 2.24) is 5.32 Å². The molecule has 0 unspecified atom stereocenters. The minimum Gasteiger partial charge on any atom is -0.315 e. The average Bonchev–Trinajstić information content (AvgIpc) is 2.84. The van der Waals surface area contributed by atoms with E-state index in [1.807, 2.05) is 39.1 Å². The fraction of sp³-hybridized carbons (Fsp3) is 0.286. The highest BCUT2D eigenvalue weighted by molar-refractivity contribution is 9.10. The summed E-state index contributed by atoms with van der Waals surface area (Å²) in [6, 6.07) is 7.26. The van der Waals surface area contributed by atoms with Gasteiger partial charge in [0.25, 0.3) is 10.0 Å². The molecule has 2 rings (SSSR count). The summed E-state index contributed by atoms with van der Waals surface area (Å²) in [7, 11) is -1.71. The molecule has 4 nitrogen and oxygen atoms in total. The topological polar surface area (TPSA) is 58.2 Å². The van der Waals surface area contributed by atoms with Crippen LogP contribution in [-0.2, 0) is 16.6 Å². The number of halogens is 1. The summed E-state index contributed by atoms with van der Waals surface area (Å²) in [5, 5.41) is 3.01. The molecular weight excluding hydrogens is 372 g/mol. The monoisotopic (exact) mass is 388 g/mol. The number of benzene rings is 1. The predicted octanol–water partition coefficient (Wildman–Crippen LogP) is 3.65. The zero-order valence-electron chi connectivity index (χ0n) is 12.0. The third-order valence-corrected chi connectivity index (χ3v) is 6.37. The zero-order valence-corrected chi connectivity index (χ0v) is 15.2. The molecule has 1 aromatic heterocycles. The first kappa shape index (κ1) is 16.5. The van der Waals surface area contributed by atoms with Crippen LogP contribution in [0.3, 0.4) is 0 Å². The molecule has 0 atom stereocenters. The summed E-state index contributed by atoms with van der Waals surface area (Å²) in [5.74, 6) is 0. The van der Waals surface area contributed by atoms with Crippen molar-refractivity contribution in [2.75, 3.05) is 11.8 Å². The first-order valence-electron chi connectivity index (χ1n) is 6.36. The molecule has 1 heterocycles. The normalized spacial score (nSPS) is 11.6. The van der Waals surface area contributed by atoms with E-state index in [1.54, 1.807) is 6.07 Å². The molecule has 2 aromatic rings. The number of hydrogen-bond donors (Lipinski definition) is 2. The summed E-state index contributed by atoms with van der Waals surface area (Å²) >= 11 is 4.69. The van der Waals surface area contributed by atoms with E-state index in [-0.39, 0.29) is 0 Å². The maximum absolute atomic E-state index is 12.5. The van der Waals surface area contributed by atoms with Crippen molar-refractivity contribution in [3.05, 3.63) is 44.7 Å². The van der Waals surface area contributed by atoms with Gasteiger partial charge in [-0.25, -0.2) is 8.42 Å². The van der Waals surface area contributed by atoms with Gasteiger partial charge in [-0.2, -0.15) is 0 Å². The minimum atomic E-state index is -3.54. The lowest BCUT2D eigenvalue weighted by Crippen LogP contribution is -2.13. The van der Waals surface area contributed by atoms with Gasteiger partial charge in [-0.1, -0.05) is 15.9 Å². The quantitative estimate of drug-likeness (QED) is 0.821. The third-order valence-electron chi connectivity index (χ3n) is 2.99. The standard InChI is InChI=1S/C14H17BrN2O2S2/c1-9-6-11(15)7-10(2)14(9)17-21(18,19)13-5-4-12(20-13)8-16-3/h4-7,16-17H,8H2,1-3H3. The molecular formula is C14H17BrN2O2S2. The second-order valence-corrected chi connectivity index (χ2v) is 8.76. The zero-order chi connectivity index (χ0) is 15.6. The molecule has 0 saturated carbocycles. The second-order valence-electron chi connectivity index (χ2n) is 4.77. The van der Waals surface area contributed by atoms with Crippen LogP contribution in [-0.4, -0.2) is 15.5 Å². The molecule has 114 valence electrons. The van der Waals surface area contributed by atoms with E-state index >= 15 is 0 Å². The van der Waals surface area contributed by atoms with Crippen LogP contribution in [0.1, 0.15) is 16.0 Å². The molecule has 0 bridgehead atoms. The number of sulfonamides is 1. The molecule has 0 amide bonds. The largest absolute Gasteiger partial charge is 0.315 e. The van der Waals surface area contributed by atoms with Crippen LogP contribution in [0.15, 0.2) is 32.9 Å². The summed E-state index contributed by atoms with van der Waals surface area (Å²) in [4.78, 5) is 0.988. The number of anilines is 1. The van der Waals surface area contributed by atoms with Gasteiger partial charge in [0, 0.05) is 15.9 Å². The molecule has 0 saturated heterocycles. The van der Waals surface area contributed by atoms with E-state index in [0.717, 1.165) is 20.5 Å². The van der Waals surface area contributed by atoms with Crippen LogP contribution in [0.4, 0.5) is 5.69 Å². The molecule has 2 N–H and O–H groups in total. The Morgan fingerprint density at radius 2 is 1.81 bits per heavy atom. The number of aryl methyl sites for hydroxylation is 2. The maximum Gasteiger partial charge on any atom is 0.271 e. The van der Waals surface area contributed by atoms with Gasteiger partial charge in [-0.05, 0) is 56.3 Å². The van der Waals surface area contributed by atoms with Crippen LogP contribution in [0.25, 0.3) is 0 Å². The maximum atomic E-state index is 12.5. The number of rotatable bonds is 5. The molecule has 0 aliphatic rings. The molecule has 1 aromatic carbocycles. The van der Waals surface area contributed by atoms with Gasteiger partial charge < -0.3 is 5.32 Å². The summed E-state index contributed by atoms with van der Waals surface area (Å²) in [5.41, 5.74) is 2.41. The number of hydrogen-bond acceptors (Lipinski definition) is 4. The molecule has 0 fully saturated rings. The average molecular weight is 389 g/mol. The van der Waals surface area contributed by atoms with Crippen LogP contribution in [0, 0.1) is 13.8 Å². The van der Waals surface area contributed by atoms with Gasteiger partial charge in [0.05, 0.1) is 5.69 Å². The molecule has 0 aliphatic carbocycles. The van der Waals surface area contributed by atoms with Crippen LogP contribution in [0.2, 0.25) is 0 Å². The Labute approximate surface area is 137 Å². The van der Waals surface area contributed by atoms with E-state index in [2.05, 4.69) is 26.0 Å². The fourth-order valence-electron chi connectivity index (χ4n) is 2.03. The van der Waals surface area contributed by atoms with Gasteiger partial charge in [-0.15, -0.1) is 11.3 Å².